The number of aromatic nitrogens is 1. The highest BCUT2D eigenvalue weighted by atomic mass is 32.1. The lowest BCUT2D eigenvalue weighted by atomic mass is 10.1. The molecule has 0 saturated heterocycles. The fourth-order valence-corrected chi connectivity index (χ4v) is 2.83. The lowest BCUT2D eigenvalue weighted by Crippen LogP contribution is -2.30. The highest BCUT2D eigenvalue weighted by Gasteiger charge is 2.08. The van der Waals surface area contributed by atoms with E-state index in [9.17, 15) is 9.59 Å². The van der Waals surface area contributed by atoms with Gasteiger partial charge in [-0.05, 0) is 30.5 Å². The van der Waals surface area contributed by atoms with E-state index in [1.54, 1.807) is 13.0 Å². The zero-order chi connectivity index (χ0) is 16.8. The molecule has 0 radical (unpaired) electrons. The zero-order valence-corrected chi connectivity index (χ0v) is 14.4. The van der Waals surface area contributed by atoms with E-state index in [1.165, 1.54) is 11.3 Å². The molecule has 0 aliphatic carbocycles. The zero-order valence-electron chi connectivity index (χ0n) is 13.6. The lowest BCUT2D eigenvalue weighted by molar-refractivity contribution is -0.115. The van der Waals surface area contributed by atoms with Crippen LogP contribution in [0.25, 0.3) is 10.2 Å². The number of amides is 3. The third-order valence-electron chi connectivity index (χ3n) is 3.22. The number of benzene rings is 1. The number of urea groups is 1. The third kappa shape index (κ3) is 5.21. The first-order valence-electron chi connectivity index (χ1n) is 7.73. The van der Waals surface area contributed by atoms with E-state index in [-0.39, 0.29) is 11.9 Å². The topological polar surface area (TPSA) is 83.1 Å². The summed E-state index contributed by atoms with van der Waals surface area (Å²) in [6, 6.07) is 5.28. The first-order valence-corrected chi connectivity index (χ1v) is 8.55. The van der Waals surface area contributed by atoms with E-state index in [0.717, 1.165) is 16.6 Å². The van der Waals surface area contributed by atoms with Gasteiger partial charge in [-0.2, -0.15) is 0 Å². The average Bonchev–Trinajstić information content (AvgIpc) is 2.88. The number of thiazole rings is 1. The van der Waals surface area contributed by atoms with Gasteiger partial charge in [0.05, 0.1) is 10.2 Å². The van der Waals surface area contributed by atoms with Crippen LogP contribution in [-0.4, -0.2) is 23.5 Å². The van der Waals surface area contributed by atoms with Gasteiger partial charge in [-0.1, -0.05) is 32.1 Å². The number of nitrogens with one attached hydrogen (secondary N) is 3. The molecule has 1 heterocycles. The molecule has 0 fully saturated rings. The minimum Gasteiger partial charge on any atom is -0.338 e. The first kappa shape index (κ1) is 17.2. The standard InChI is InChI=1S/C16H22N4O2S/c1-4-14(21)20-16-19-12-6-5-11(9-13(12)23-16)18-15(22)17-8-7-10(2)3/h5-6,9-10H,4,7-8H2,1-3H3,(H2,17,18,22)(H,19,20,21). The summed E-state index contributed by atoms with van der Waals surface area (Å²) in [6.07, 6.45) is 1.36. The molecule has 2 aromatic rings. The van der Waals surface area contributed by atoms with Gasteiger partial charge in [-0.15, -0.1) is 0 Å². The van der Waals surface area contributed by atoms with Crippen molar-refractivity contribution < 1.29 is 9.59 Å². The predicted octanol–water partition coefficient (Wildman–Crippen LogP) is 3.81. The van der Waals surface area contributed by atoms with Crippen LogP contribution in [-0.2, 0) is 4.79 Å². The molecule has 0 bridgehead atoms. The Morgan fingerprint density at radius 2 is 2.04 bits per heavy atom. The van der Waals surface area contributed by atoms with Crippen molar-refractivity contribution >= 4 is 44.3 Å². The number of rotatable bonds is 6. The normalized spacial score (nSPS) is 10.8. The summed E-state index contributed by atoms with van der Waals surface area (Å²) in [5.41, 5.74) is 1.50. The summed E-state index contributed by atoms with van der Waals surface area (Å²) in [5.74, 6) is 0.493. The van der Waals surface area contributed by atoms with E-state index in [4.69, 9.17) is 0 Å². The van der Waals surface area contributed by atoms with E-state index in [1.807, 2.05) is 12.1 Å². The first-order chi connectivity index (χ1) is 11.0. The molecule has 6 nitrogen and oxygen atoms in total. The molecule has 0 atom stereocenters. The monoisotopic (exact) mass is 334 g/mol. The molecule has 124 valence electrons. The van der Waals surface area contributed by atoms with Gasteiger partial charge < -0.3 is 16.0 Å². The van der Waals surface area contributed by atoms with Crippen molar-refractivity contribution in [2.24, 2.45) is 5.92 Å². The van der Waals surface area contributed by atoms with Gasteiger partial charge in [0.15, 0.2) is 5.13 Å². The summed E-state index contributed by atoms with van der Waals surface area (Å²) in [5, 5.41) is 8.96. The highest BCUT2D eigenvalue weighted by molar-refractivity contribution is 7.22. The van der Waals surface area contributed by atoms with Crippen LogP contribution >= 0.6 is 11.3 Å². The summed E-state index contributed by atoms with van der Waals surface area (Å²) < 4.78 is 0.913. The van der Waals surface area contributed by atoms with Crippen molar-refractivity contribution in [3.8, 4) is 0 Å². The molecule has 2 rings (SSSR count). The van der Waals surface area contributed by atoms with Crippen molar-refractivity contribution in [3.05, 3.63) is 18.2 Å². The van der Waals surface area contributed by atoms with Crippen molar-refractivity contribution in [1.29, 1.82) is 0 Å². The number of carbonyl (C=O) groups is 2. The minimum absolute atomic E-state index is 0.0630. The molecule has 1 aromatic heterocycles. The van der Waals surface area contributed by atoms with Crippen LogP contribution in [0.15, 0.2) is 18.2 Å². The number of fused-ring (bicyclic) bond motifs is 1. The van der Waals surface area contributed by atoms with Crippen LogP contribution in [0.3, 0.4) is 0 Å². The summed E-state index contributed by atoms with van der Waals surface area (Å²) in [4.78, 5) is 27.6. The molecule has 0 saturated carbocycles. The van der Waals surface area contributed by atoms with Crippen molar-refractivity contribution in [3.63, 3.8) is 0 Å². The van der Waals surface area contributed by atoms with E-state index in [2.05, 4.69) is 34.8 Å². The second-order valence-corrected chi connectivity index (χ2v) is 6.70. The van der Waals surface area contributed by atoms with Gasteiger partial charge in [0.1, 0.15) is 0 Å². The Kier molecular flexibility index (Phi) is 5.92. The Morgan fingerprint density at radius 3 is 2.74 bits per heavy atom. The smallest absolute Gasteiger partial charge is 0.319 e. The predicted molar refractivity (Wildman–Crippen MR) is 95.0 cm³/mol. The molecule has 0 spiro atoms. The largest absolute Gasteiger partial charge is 0.338 e. The van der Waals surface area contributed by atoms with Crippen LogP contribution in [0.4, 0.5) is 15.6 Å². The molecular formula is C16H22N4O2S. The van der Waals surface area contributed by atoms with Crippen molar-refractivity contribution in [2.45, 2.75) is 33.6 Å². The van der Waals surface area contributed by atoms with Gasteiger partial charge in [-0.25, -0.2) is 9.78 Å². The average molecular weight is 334 g/mol. The number of hydrogen-bond donors (Lipinski definition) is 3. The van der Waals surface area contributed by atoms with Crippen LogP contribution in [0, 0.1) is 5.92 Å². The van der Waals surface area contributed by atoms with Gasteiger partial charge in [0.2, 0.25) is 5.91 Å². The molecular weight excluding hydrogens is 312 g/mol. The molecule has 7 heteroatoms. The summed E-state index contributed by atoms with van der Waals surface area (Å²) in [6.45, 7) is 6.68. The Bertz CT molecular complexity index is 696. The minimum atomic E-state index is -0.214. The fraction of sp³-hybridized carbons (Fsp3) is 0.438. The van der Waals surface area contributed by atoms with Crippen LogP contribution in [0.5, 0.6) is 0 Å². The lowest BCUT2D eigenvalue weighted by Gasteiger charge is -2.08. The molecule has 3 amide bonds. The number of carbonyl (C=O) groups excluding carboxylic acids is 2. The third-order valence-corrected chi connectivity index (χ3v) is 4.15. The number of nitrogens with zero attached hydrogens (tertiary/aromatic N) is 1. The second-order valence-electron chi connectivity index (χ2n) is 5.67. The van der Waals surface area contributed by atoms with Crippen LogP contribution in [0.1, 0.15) is 33.6 Å². The number of anilines is 2. The molecule has 23 heavy (non-hydrogen) atoms. The van der Waals surface area contributed by atoms with Gasteiger partial charge >= 0.3 is 6.03 Å². The van der Waals surface area contributed by atoms with E-state index in [0.29, 0.717) is 29.7 Å². The quantitative estimate of drug-likeness (QED) is 0.751. The van der Waals surface area contributed by atoms with Crippen molar-refractivity contribution in [1.82, 2.24) is 10.3 Å². The molecule has 0 aliphatic rings. The maximum Gasteiger partial charge on any atom is 0.319 e. The van der Waals surface area contributed by atoms with Gasteiger partial charge in [0.25, 0.3) is 0 Å². The Balaban J connectivity index is 1.99. The maximum atomic E-state index is 11.8. The SMILES string of the molecule is CCC(=O)Nc1nc2ccc(NC(=O)NCCC(C)C)cc2s1. The molecule has 0 unspecified atom stereocenters. The Morgan fingerprint density at radius 1 is 1.26 bits per heavy atom. The Hall–Kier alpha value is -2.15. The summed E-state index contributed by atoms with van der Waals surface area (Å²) in [7, 11) is 0. The molecule has 1 aromatic carbocycles. The van der Waals surface area contributed by atoms with Gasteiger partial charge in [0, 0.05) is 18.7 Å². The highest BCUT2D eigenvalue weighted by Crippen LogP contribution is 2.28. The molecule has 0 aliphatic heterocycles. The van der Waals surface area contributed by atoms with Gasteiger partial charge in [-0.3, -0.25) is 4.79 Å². The van der Waals surface area contributed by atoms with Crippen LogP contribution < -0.4 is 16.0 Å². The second kappa shape index (κ2) is 7.92. The Labute approximate surface area is 139 Å². The van der Waals surface area contributed by atoms with Crippen LogP contribution in [0.2, 0.25) is 0 Å². The maximum absolute atomic E-state index is 11.8. The molecule has 3 N–H and O–H groups in total. The fourth-order valence-electron chi connectivity index (χ4n) is 1.91. The van der Waals surface area contributed by atoms with Crippen molar-refractivity contribution in [2.75, 3.05) is 17.2 Å². The number of hydrogen-bond acceptors (Lipinski definition) is 4. The summed E-state index contributed by atoms with van der Waals surface area (Å²) >= 11 is 1.39. The van der Waals surface area contributed by atoms with E-state index >= 15 is 0 Å². The van der Waals surface area contributed by atoms with E-state index < -0.39 is 0 Å².